The molecule has 0 bridgehead atoms. The number of benzene rings is 2. The molecule has 2 aromatic heterocycles. The Morgan fingerprint density at radius 2 is 1.94 bits per heavy atom. The highest BCUT2D eigenvalue weighted by atomic mass is 16.5. The van der Waals surface area contributed by atoms with E-state index in [4.69, 9.17) is 14.5 Å². The summed E-state index contributed by atoms with van der Waals surface area (Å²) in [5, 5.41) is 3.04. The molecule has 4 aromatic rings. The third kappa shape index (κ3) is 5.09. The zero-order valence-corrected chi connectivity index (χ0v) is 19.4. The van der Waals surface area contributed by atoms with Gasteiger partial charge in [-0.05, 0) is 55.3 Å². The first kappa shape index (κ1) is 23.0. The molecular formula is C27H28N4O3. The number of rotatable bonds is 10. The van der Waals surface area contributed by atoms with Crippen molar-refractivity contribution >= 4 is 16.9 Å². The number of carbonyl (C=O) groups excluding carboxylic acids is 1. The smallest absolute Gasteiger partial charge is 0.251 e. The summed E-state index contributed by atoms with van der Waals surface area (Å²) >= 11 is 0. The third-order valence-electron chi connectivity index (χ3n) is 5.54. The highest BCUT2D eigenvalue weighted by Crippen LogP contribution is 2.29. The van der Waals surface area contributed by atoms with E-state index in [1.54, 1.807) is 31.6 Å². The Hall–Kier alpha value is -4.13. The molecule has 1 atom stereocenters. The normalized spacial score (nSPS) is 11.7. The summed E-state index contributed by atoms with van der Waals surface area (Å²) in [6, 6.07) is 16.9. The molecule has 1 unspecified atom stereocenters. The highest BCUT2D eigenvalue weighted by molar-refractivity contribution is 5.94. The second kappa shape index (κ2) is 10.7. The fourth-order valence-corrected chi connectivity index (χ4v) is 3.88. The number of amides is 1. The summed E-state index contributed by atoms with van der Waals surface area (Å²) < 4.78 is 13.7. The van der Waals surface area contributed by atoms with E-state index in [9.17, 15) is 4.79 Å². The third-order valence-corrected chi connectivity index (χ3v) is 5.54. The fourth-order valence-electron chi connectivity index (χ4n) is 3.88. The first-order valence-corrected chi connectivity index (χ1v) is 11.2. The van der Waals surface area contributed by atoms with Gasteiger partial charge in [0.1, 0.15) is 12.4 Å². The summed E-state index contributed by atoms with van der Waals surface area (Å²) in [6.07, 6.45) is 5.83. The van der Waals surface area contributed by atoms with Gasteiger partial charge in [0.15, 0.2) is 11.5 Å². The maximum atomic E-state index is 12.7. The molecule has 7 heteroatoms. The molecule has 174 valence electrons. The number of carbonyl (C=O) groups is 1. The van der Waals surface area contributed by atoms with Crippen LogP contribution in [0.25, 0.3) is 11.0 Å². The first-order valence-electron chi connectivity index (χ1n) is 11.2. The van der Waals surface area contributed by atoms with E-state index >= 15 is 0 Å². The van der Waals surface area contributed by atoms with Crippen LogP contribution in [0.15, 0.2) is 79.6 Å². The monoisotopic (exact) mass is 456 g/mol. The Morgan fingerprint density at radius 1 is 1.15 bits per heavy atom. The number of para-hydroxylation sites is 2. The molecule has 0 saturated carbocycles. The van der Waals surface area contributed by atoms with Crippen molar-refractivity contribution in [2.24, 2.45) is 0 Å². The first-order chi connectivity index (χ1) is 16.6. The van der Waals surface area contributed by atoms with Crippen molar-refractivity contribution in [1.29, 1.82) is 0 Å². The number of aromatic nitrogens is 3. The van der Waals surface area contributed by atoms with Crippen molar-refractivity contribution in [2.45, 2.75) is 25.9 Å². The van der Waals surface area contributed by atoms with Crippen LogP contribution in [0.3, 0.4) is 0 Å². The van der Waals surface area contributed by atoms with Gasteiger partial charge in [-0.2, -0.15) is 0 Å². The Kier molecular flexibility index (Phi) is 7.22. The van der Waals surface area contributed by atoms with Gasteiger partial charge in [-0.15, -0.1) is 6.58 Å². The van der Waals surface area contributed by atoms with Crippen molar-refractivity contribution in [2.75, 3.05) is 13.7 Å². The van der Waals surface area contributed by atoms with E-state index in [1.807, 2.05) is 55.5 Å². The van der Waals surface area contributed by atoms with Crippen LogP contribution in [0.1, 0.15) is 34.7 Å². The molecule has 4 rings (SSSR count). The van der Waals surface area contributed by atoms with Crippen LogP contribution in [0, 0.1) is 0 Å². The molecule has 7 nitrogen and oxygen atoms in total. The van der Waals surface area contributed by atoms with Gasteiger partial charge >= 0.3 is 0 Å². The lowest BCUT2D eigenvalue weighted by molar-refractivity contribution is 0.0937. The van der Waals surface area contributed by atoms with Crippen molar-refractivity contribution in [1.82, 2.24) is 19.9 Å². The number of fused-ring (bicyclic) bond motifs is 1. The molecule has 0 radical (unpaired) electrons. The Labute approximate surface area is 199 Å². The number of imidazole rings is 1. The van der Waals surface area contributed by atoms with E-state index in [-0.39, 0.29) is 11.9 Å². The molecule has 34 heavy (non-hydrogen) atoms. The van der Waals surface area contributed by atoms with Crippen LogP contribution in [0.5, 0.6) is 11.5 Å². The number of pyridine rings is 1. The summed E-state index contributed by atoms with van der Waals surface area (Å²) in [4.78, 5) is 21.4. The molecule has 2 aromatic carbocycles. The number of hydrogen-bond donors (Lipinski definition) is 1. The molecule has 0 saturated heterocycles. The minimum Gasteiger partial charge on any atom is -0.493 e. The summed E-state index contributed by atoms with van der Waals surface area (Å²) in [5.41, 5.74) is 3.52. The second-order valence-electron chi connectivity index (χ2n) is 7.87. The number of ether oxygens (including phenoxy) is 2. The van der Waals surface area contributed by atoms with Gasteiger partial charge in [-0.25, -0.2) is 4.98 Å². The molecule has 0 aliphatic carbocycles. The Bertz CT molecular complexity index is 1280. The highest BCUT2D eigenvalue weighted by Gasteiger charge is 2.19. The largest absolute Gasteiger partial charge is 0.493 e. The van der Waals surface area contributed by atoms with E-state index in [2.05, 4.69) is 21.4 Å². The van der Waals surface area contributed by atoms with Crippen molar-refractivity contribution in [3.8, 4) is 11.5 Å². The predicted molar refractivity (Wildman–Crippen MR) is 132 cm³/mol. The van der Waals surface area contributed by atoms with Gasteiger partial charge in [0.2, 0.25) is 0 Å². The van der Waals surface area contributed by atoms with Crippen molar-refractivity contribution < 1.29 is 14.3 Å². The van der Waals surface area contributed by atoms with Crippen LogP contribution >= 0.6 is 0 Å². The number of nitrogens with zero attached hydrogens (tertiary/aromatic N) is 3. The van der Waals surface area contributed by atoms with Gasteiger partial charge < -0.3 is 19.4 Å². The van der Waals surface area contributed by atoms with Crippen LogP contribution in [-0.2, 0) is 13.0 Å². The van der Waals surface area contributed by atoms with Crippen LogP contribution < -0.4 is 14.8 Å². The average Bonchev–Trinajstić information content (AvgIpc) is 3.24. The van der Waals surface area contributed by atoms with Crippen LogP contribution in [-0.4, -0.2) is 34.2 Å². The number of nitrogens with one attached hydrogen (secondary N) is 1. The molecule has 1 amide bonds. The zero-order chi connectivity index (χ0) is 23.9. The van der Waals surface area contributed by atoms with Crippen LogP contribution in [0.2, 0.25) is 0 Å². The lowest BCUT2D eigenvalue weighted by Gasteiger charge is -2.17. The van der Waals surface area contributed by atoms with Crippen LogP contribution in [0.4, 0.5) is 0 Å². The maximum Gasteiger partial charge on any atom is 0.251 e. The number of allylic oxidation sites excluding steroid dienone is 1. The lowest BCUT2D eigenvalue weighted by atomic mass is 10.1. The minimum atomic E-state index is -0.305. The van der Waals surface area contributed by atoms with Gasteiger partial charge in [0, 0.05) is 18.0 Å². The number of hydrogen-bond acceptors (Lipinski definition) is 5. The predicted octanol–water partition coefficient (Wildman–Crippen LogP) is 4.74. The van der Waals surface area contributed by atoms with Gasteiger partial charge in [0.05, 0.1) is 30.7 Å². The molecule has 2 heterocycles. The average molecular weight is 457 g/mol. The van der Waals surface area contributed by atoms with Crippen molar-refractivity contribution in [3.05, 3.63) is 96.6 Å². The lowest BCUT2D eigenvalue weighted by Crippen LogP contribution is -2.29. The number of methoxy groups -OCH3 is 1. The van der Waals surface area contributed by atoms with E-state index in [1.165, 1.54) is 0 Å². The van der Waals surface area contributed by atoms with Gasteiger partial charge in [-0.3, -0.25) is 9.78 Å². The quantitative estimate of drug-likeness (QED) is 0.349. The van der Waals surface area contributed by atoms with Crippen molar-refractivity contribution in [3.63, 3.8) is 0 Å². The Balaban J connectivity index is 1.52. The minimum absolute atomic E-state index is 0.172. The van der Waals surface area contributed by atoms with E-state index < -0.39 is 0 Å². The molecule has 0 aliphatic heterocycles. The maximum absolute atomic E-state index is 12.7. The molecule has 1 N–H and O–H groups in total. The van der Waals surface area contributed by atoms with Gasteiger partial charge in [-0.1, -0.05) is 24.3 Å². The Morgan fingerprint density at radius 3 is 2.71 bits per heavy atom. The molecule has 0 aliphatic rings. The second-order valence-corrected chi connectivity index (χ2v) is 7.87. The standard InChI is InChI=1S/C27H28N4O3/c1-4-7-20-10-11-24(25(18-20)33-3)34-17-16-31-23-9-6-5-8-22(23)30-26(31)19(2)29-27(32)21-12-14-28-15-13-21/h4-6,8-15,18-19H,1,7,16-17H2,2-3H3,(H,29,32). The summed E-state index contributed by atoms with van der Waals surface area (Å²) in [7, 11) is 1.63. The topological polar surface area (TPSA) is 78.3 Å². The van der Waals surface area contributed by atoms with Gasteiger partial charge in [0.25, 0.3) is 5.91 Å². The SMILES string of the molecule is C=CCc1ccc(OCCn2c(C(C)NC(=O)c3ccncc3)nc3ccccc32)c(OC)c1. The summed E-state index contributed by atoms with van der Waals surface area (Å²) in [5.74, 6) is 1.96. The molecule has 0 fully saturated rings. The summed E-state index contributed by atoms with van der Waals surface area (Å²) in [6.45, 7) is 6.68. The molecular weight excluding hydrogens is 428 g/mol. The molecule has 0 spiro atoms. The fraction of sp³-hybridized carbons (Fsp3) is 0.222. The van der Waals surface area contributed by atoms with E-state index in [0.717, 1.165) is 28.8 Å². The van der Waals surface area contributed by atoms with E-state index in [0.29, 0.717) is 30.2 Å². The zero-order valence-electron chi connectivity index (χ0n) is 19.4.